The number of amides is 1. The molecule has 0 radical (unpaired) electrons. The molecule has 128 valence electrons. The number of carbonyl (C=O) groups is 1. The van der Waals surface area contributed by atoms with Gasteiger partial charge in [0.25, 0.3) is 5.22 Å². The summed E-state index contributed by atoms with van der Waals surface area (Å²) in [6.45, 7) is 2.96. The Kier molecular flexibility index (Phi) is 5.50. The van der Waals surface area contributed by atoms with Crippen molar-refractivity contribution in [3.63, 3.8) is 0 Å². The maximum Gasteiger partial charge on any atom is 0.277 e. The van der Waals surface area contributed by atoms with Gasteiger partial charge in [0.05, 0.1) is 5.75 Å². The summed E-state index contributed by atoms with van der Waals surface area (Å²) in [7, 11) is 0. The molecule has 1 saturated heterocycles. The van der Waals surface area contributed by atoms with E-state index in [1.807, 2.05) is 4.90 Å². The van der Waals surface area contributed by atoms with Gasteiger partial charge >= 0.3 is 0 Å². The molecule has 1 amide bonds. The normalized spacial score (nSPS) is 17.9. The van der Waals surface area contributed by atoms with Crippen molar-refractivity contribution in [2.75, 3.05) is 12.3 Å². The molecule has 0 aliphatic carbocycles. The number of piperidine rings is 1. The summed E-state index contributed by atoms with van der Waals surface area (Å²) in [6, 6.07) is 6.21. The summed E-state index contributed by atoms with van der Waals surface area (Å²) >= 11 is 1.25. The van der Waals surface area contributed by atoms with Crippen molar-refractivity contribution in [1.29, 1.82) is 0 Å². The van der Waals surface area contributed by atoms with Crippen LogP contribution in [0.4, 0.5) is 4.39 Å². The van der Waals surface area contributed by atoms with Crippen LogP contribution in [0.2, 0.25) is 0 Å². The van der Waals surface area contributed by atoms with Crippen molar-refractivity contribution in [3.05, 3.63) is 30.1 Å². The van der Waals surface area contributed by atoms with Crippen molar-refractivity contribution in [1.82, 2.24) is 15.1 Å². The number of hydrogen-bond donors (Lipinski definition) is 0. The maximum absolute atomic E-state index is 12.9. The van der Waals surface area contributed by atoms with Gasteiger partial charge in [-0.2, -0.15) is 0 Å². The van der Waals surface area contributed by atoms with E-state index < -0.39 is 0 Å². The number of nitrogens with zero attached hydrogens (tertiary/aromatic N) is 3. The van der Waals surface area contributed by atoms with Gasteiger partial charge in [0.1, 0.15) is 5.82 Å². The number of aromatic nitrogens is 2. The molecular formula is C17H20FN3O2S. The first-order valence-electron chi connectivity index (χ1n) is 8.19. The molecule has 7 heteroatoms. The van der Waals surface area contributed by atoms with E-state index in [0.29, 0.717) is 28.5 Å². The molecule has 0 spiro atoms. The summed E-state index contributed by atoms with van der Waals surface area (Å²) in [5, 5.41) is 8.26. The molecule has 1 aromatic heterocycles. The van der Waals surface area contributed by atoms with Crippen LogP contribution in [-0.2, 0) is 4.79 Å². The fraction of sp³-hybridized carbons (Fsp3) is 0.471. The third-order valence-electron chi connectivity index (χ3n) is 4.24. The Hall–Kier alpha value is -1.89. The first-order chi connectivity index (χ1) is 11.7. The summed E-state index contributed by atoms with van der Waals surface area (Å²) in [4.78, 5) is 14.4. The zero-order valence-corrected chi connectivity index (χ0v) is 14.4. The van der Waals surface area contributed by atoms with Crippen molar-refractivity contribution in [2.45, 2.75) is 43.9 Å². The van der Waals surface area contributed by atoms with Crippen LogP contribution in [0.3, 0.4) is 0 Å². The van der Waals surface area contributed by atoms with Gasteiger partial charge in [-0.1, -0.05) is 18.7 Å². The number of hydrogen-bond acceptors (Lipinski definition) is 5. The van der Waals surface area contributed by atoms with Crippen molar-refractivity contribution < 1.29 is 13.6 Å². The molecule has 1 aliphatic heterocycles. The molecule has 0 saturated carbocycles. The molecule has 24 heavy (non-hydrogen) atoms. The summed E-state index contributed by atoms with van der Waals surface area (Å²) < 4.78 is 18.5. The molecule has 1 atom stereocenters. The lowest BCUT2D eigenvalue weighted by Crippen LogP contribution is -2.44. The van der Waals surface area contributed by atoms with Crippen LogP contribution in [0.15, 0.2) is 33.9 Å². The largest absolute Gasteiger partial charge is 0.411 e. The van der Waals surface area contributed by atoms with Gasteiger partial charge in [-0.15, -0.1) is 10.2 Å². The number of benzene rings is 1. The van der Waals surface area contributed by atoms with Crippen LogP contribution in [0, 0.1) is 5.82 Å². The molecular weight excluding hydrogens is 329 g/mol. The summed E-state index contributed by atoms with van der Waals surface area (Å²) in [5.41, 5.74) is 0.657. The minimum atomic E-state index is -0.314. The molecule has 1 aliphatic rings. The fourth-order valence-electron chi connectivity index (χ4n) is 2.94. The number of rotatable bonds is 5. The molecule has 0 N–H and O–H groups in total. The predicted octanol–water partition coefficient (Wildman–Crippen LogP) is 3.76. The van der Waals surface area contributed by atoms with Gasteiger partial charge in [0, 0.05) is 18.2 Å². The molecule has 5 nitrogen and oxygen atoms in total. The highest BCUT2D eigenvalue weighted by molar-refractivity contribution is 7.99. The Bertz CT molecular complexity index is 689. The Morgan fingerprint density at radius 1 is 1.33 bits per heavy atom. The van der Waals surface area contributed by atoms with Gasteiger partial charge in [0.15, 0.2) is 0 Å². The average molecular weight is 349 g/mol. The van der Waals surface area contributed by atoms with Gasteiger partial charge in [-0.25, -0.2) is 4.39 Å². The quantitative estimate of drug-likeness (QED) is 0.769. The maximum atomic E-state index is 12.9. The zero-order chi connectivity index (χ0) is 16.9. The highest BCUT2D eigenvalue weighted by Gasteiger charge is 2.25. The minimum absolute atomic E-state index is 0.119. The smallest absolute Gasteiger partial charge is 0.277 e. The molecule has 2 aromatic rings. The molecule has 1 aromatic carbocycles. The Labute approximate surface area is 144 Å². The highest BCUT2D eigenvalue weighted by atomic mass is 32.2. The Balaban J connectivity index is 1.59. The van der Waals surface area contributed by atoms with Crippen LogP contribution in [0.1, 0.15) is 32.6 Å². The second-order valence-corrected chi connectivity index (χ2v) is 6.74. The van der Waals surface area contributed by atoms with E-state index in [0.717, 1.165) is 25.8 Å². The predicted molar refractivity (Wildman–Crippen MR) is 90.1 cm³/mol. The van der Waals surface area contributed by atoms with Crippen LogP contribution in [0.5, 0.6) is 0 Å². The zero-order valence-electron chi connectivity index (χ0n) is 13.6. The van der Waals surface area contributed by atoms with Gasteiger partial charge in [-0.05, 0) is 49.9 Å². The second kappa shape index (κ2) is 7.79. The van der Waals surface area contributed by atoms with Crippen molar-refractivity contribution in [3.8, 4) is 11.5 Å². The number of likely N-dealkylation sites (tertiary alicyclic amines) is 1. The van der Waals surface area contributed by atoms with Crippen molar-refractivity contribution >= 4 is 17.7 Å². The topological polar surface area (TPSA) is 59.2 Å². The van der Waals surface area contributed by atoms with Gasteiger partial charge in [-0.3, -0.25) is 4.79 Å². The minimum Gasteiger partial charge on any atom is -0.411 e. The Morgan fingerprint density at radius 2 is 2.12 bits per heavy atom. The van der Waals surface area contributed by atoms with Crippen LogP contribution in [0.25, 0.3) is 11.5 Å². The second-order valence-electron chi connectivity index (χ2n) is 5.81. The number of carbonyl (C=O) groups excluding carboxylic acids is 1. The van der Waals surface area contributed by atoms with E-state index in [9.17, 15) is 9.18 Å². The Morgan fingerprint density at radius 3 is 2.88 bits per heavy atom. The standard InChI is InChI=1S/C17H20FN3O2S/c1-2-14-5-3-4-10-21(14)15(22)11-24-17-20-19-16(23-17)12-6-8-13(18)9-7-12/h6-9,14H,2-5,10-11H2,1H3/t14-/m1/s1. The van der Waals surface area contributed by atoms with Crippen LogP contribution in [-0.4, -0.2) is 39.3 Å². The van der Waals surface area contributed by atoms with E-state index in [-0.39, 0.29) is 11.7 Å². The lowest BCUT2D eigenvalue weighted by molar-refractivity contribution is -0.132. The average Bonchev–Trinajstić information content (AvgIpc) is 3.09. The van der Waals surface area contributed by atoms with Crippen LogP contribution >= 0.6 is 11.8 Å². The monoisotopic (exact) mass is 349 g/mol. The van der Waals surface area contributed by atoms with E-state index in [1.165, 1.54) is 30.3 Å². The van der Waals surface area contributed by atoms with Crippen LogP contribution < -0.4 is 0 Å². The SMILES string of the molecule is CC[C@@H]1CCCCN1C(=O)CSc1nnc(-c2ccc(F)cc2)o1. The first-order valence-corrected chi connectivity index (χ1v) is 9.17. The van der Waals surface area contributed by atoms with E-state index in [1.54, 1.807) is 12.1 Å². The van der Waals surface area contributed by atoms with E-state index >= 15 is 0 Å². The van der Waals surface area contributed by atoms with Gasteiger partial charge < -0.3 is 9.32 Å². The fourth-order valence-corrected chi connectivity index (χ4v) is 3.59. The van der Waals surface area contributed by atoms with Gasteiger partial charge in [0.2, 0.25) is 11.8 Å². The molecule has 3 rings (SSSR count). The third-order valence-corrected chi connectivity index (χ3v) is 5.04. The third kappa shape index (κ3) is 3.95. The van der Waals surface area contributed by atoms with E-state index in [2.05, 4.69) is 17.1 Å². The molecule has 0 unspecified atom stereocenters. The number of thioether (sulfide) groups is 1. The first kappa shape index (κ1) is 17.0. The summed E-state index contributed by atoms with van der Waals surface area (Å²) in [6.07, 6.45) is 4.34. The van der Waals surface area contributed by atoms with Crippen molar-refractivity contribution in [2.24, 2.45) is 0 Å². The lowest BCUT2D eigenvalue weighted by Gasteiger charge is -2.35. The molecule has 2 heterocycles. The lowest BCUT2D eigenvalue weighted by atomic mass is 10.0. The number of halogens is 1. The summed E-state index contributed by atoms with van der Waals surface area (Å²) in [5.74, 6) is 0.426. The highest BCUT2D eigenvalue weighted by Crippen LogP contribution is 2.25. The van der Waals surface area contributed by atoms with E-state index in [4.69, 9.17) is 4.42 Å². The molecule has 1 fully saturated rings. The molecule has 0 bridgehead atoms.